The minimum absolute atomic E-state index is 0.501. The number of terminal acetylenes is 1. The van der Waals surface area contributed by atoms with Crippen molar-refractivity contribution < 1.29 is 9.90 Å². The molecule has 0 saturated carbocycles. The molecule has 1 N–H and O–H groups in total. The number of amides is 1. The van der Waals surface area contributed by atoms with E-state index in [1.54, 1.807) is 24.3 Å². The van der Waals surface area contributed by atoms with Crippen molar-refractivity contribution in [2.24, 2.45) is 0 Å². The van der Waals surface area contributed by atoms with E-state index < -0.39 is 11.6 Å². The summed E-state index contributed by atoms with van der Waals surface area (Å²) in [6.07, 6.45) is 4.30. The monoisotopic (exact) mass is 217 g/mol. The van der Waals surface area contributed by atoms with Crippen LogP contribution in [0.3, 0.4) is 0 Å². The zero-order valence-corrected chi connectivity index (χ0v) is 9.69. The lowest BCUT2D eigenvalue weighted by Crippen LogP contribution is -2.45. The summed E-state index contributed by atoms with van der Waals surface area (Å²) in [6.45, 7) is 5.51. The van der Waals surface area contributed by atoms with Crippen LogP contribution >= 0.6 is 0 Å². The molecule has 0 heterocycles. The van der Waals surface area contributed by atoms with Crippen LogP contribution in [0.5, 0.6) is 0 Å². The van der Waals surface area contributed by atoms with Crippen molar-refractivity contribution in [3.05, 3.63) is 29.8 Å². The summed E-state index contributed by atoms with van der Waals surface area (Å²) in [5, 5.41) is 9.20. The first-order valence-electron chi connectivity index (χ1n) is 4.96. The summed E-state index contributed by atoms with van der Waals surface area (Å²) < 4.78 is 0. The Labute approximate surface area is 95.7 Å². The van der Waals surface area contributed by atoms with E-state index in [9.17, 15) is 9.90 Å². The van der Waals surface area contributed by atoms with E-state index in [2.05, 4.69) is 5.92 Å². The first-order valence-corrected chi connectivity index (χ1v) is 4.96. The van der Waals surface area contributed by atoms with Gasteiger partial charge in [-0.15, -0.1) is 6.42 Å². The molecule has 0 saturated heterocycles. The lowest BCUT2D eigenvalue weighted by Gasteiger charge is -2.33. The number of carboxylic acid groups (broad SMARTS) is 1. The maximum absolute atomic E-state index is 11.2. The highest BCUT2D eigenvalue weighted by Gasteiger charge is 2.27. The van der Waals surface area contributed by atoms with Crippen LogP contribution in [-0.2, 0) is 0 Å². The molecule has 0 radical (unpaired) electrons. The van der Waals surface area contributed by atoms with Gasteiger partial charge in [-0.2, -0.15) is 0 Å². The molecule has 0 aliphatic rings. The van der Waals surface area contributed by atoms with Gasteiger partial charge in [-0.25, -0.2) is 4.79 Å². The van der Waals surface area contributed by atoms with Crippen LogP contribution in [0.25, 0.3) is 0 Å². The molecular formula is C13H15NO2. The first kappa shape index (κ1) is 12.1. The second-order valence-corrected chi connectivity index (χ2v) is 4.48. The van der Waals surface area contributed by atoms with Crippen molar-refractivity contribution in [2.45, 2.75) is 26.3 Å². The predicted molar refractivity (Wildman–Crippen MR) is 64.6 cm³/mol. The summed E-state index contributed by atoms with van der Waals surface area (Å²) in [6, 6.07) is 6.96. The van der Waals surface area contributed by atoms with Crippen LogP contribution in [0.4, 0.5) is 10.5 Å². The minimum Gasteiger partial charge on any atom is -0.465 e. The van der Waals surface area contributed by atoms with E-state index in [0.29, 0.717) is 11.3 Å². The fourth-order valence-electron chi connectivity index (χ4n) is 1.52. The molecule has 3 heteroatoms. The van der Waals surface area contributed by atoms with Crippen molar-refractivity contribution >= 4 is 11.8 Å². The molecule has 0 spiro atoms. The molecule has 84 valence electrons. The van der Waals surface area contributed by atoms with Crippen LogP contribution in [0.2, 0.25) is 0 Å². The van der Waals surface area contributed by atoms with Crippen molar-refractivity contribution in [3.63, 3.8) is 0 Å². The van der Waals surface area contributed by atoms with Crippen molar-refractivity contribution in [2.75, 3.05) is 4.90 Å². The summed E-state index contributed by atoms with van der Waals surface area (Å²) in [5.74, 6) is 2.49. The lowest BCUT2D eigenvalue weighted by molar-refractivity contribution is 0.195. The first-order chi connectivity index (χ1) is 7.36. The van der Waals surface area contributed by atoms with Gasteiger partial charge in [0.05, 0.1) is 0 Å². The number of nitrogens with zero attached hydrogens (tertiary/aromatic N) is 1. The Morgan fingerprint density at radius 3 is 2.50 bits per heavy atom. The second kappa shape index (κ2) is 4.28. The van der Waals surface area contributed by atoms with Crippen LogP contribution in [-0.4, -0.2) is 16.7 Å². The van der Waals surface area contributed by atoms with Gasteiger partial charge in [0.2, 0.25) is 0 Å². The van der Waals surface area contributed by atoms with Crippen LogP contribution in [0, 0.1) is 12.3 Å². The summed E-state index contributed by atoms with van der Waals surface area (Å²) >= 11 is 0. The molecular weight excluding hydrogens is 202 g/mol. The van der Waals surface area contributed by atoms with Gasteiger partial charge in [0.1, 0.15) is 0 Å². The molecule has 0 fully saturated rings. The Morgan fingerprint density at radius 1 is 1.44 bits per heavy atom. The molecule has 0 aromatic heterocycles. The molecule has 1 aromatic rings. The van der Waals surface area contributed by atoms with Gasteiger partial charge < -0.3 is 5.11 Å². The third kappa shape index (κ3) is 2.54. The number of anilines is 1. The van der Waals surface area contributed by atoms with Gasteiger partial charge in [0.15, 0.2) is 0 Å². The van der Waals surface area contributed by atoms with E-state index in [1.165, 1.54) is 4.90 Å². The third-order valence-corrected chi connectivity index (χ3v) is 2.13. The molecule has 1 aromatic carbocycles. The highest BCUT2D eigenvalue weighted by atomic mass is 16.4. The molecule has 1 amide bonds. The van der Waals surface area contributed by atoms with E-state index in [1.807, 2.05) is 20.8 Å². The third-order valence-electron chi connectivity index (χ3n) is 2.13. The molecule has 1 rings (SSSR count). The summed E-state index contributed by atoms with van der Waals surface area (Å²) in [5.41, 5.74) is 0.766. The summed E-state index contributed by atoms with van der Waals surface area (Å²) in [7, 11) is 0. The SMILES string of the molecule is C#Cc1cccc(N(C(=O)O)C(C)(C)C)c1. The molecule has 0 aliphatic heterocycles. The molecule has 0 atom stereocenters. The lowest BCUT2D eigenvalue weighted by atomic mass is 10.0. The molecule has 16 heavy (non-hydrogen) atoms. The normalized spacial score (nSPS) is 10.6. The van der Waals surface area contributed by atoms with Crippen molar-refractivity contribution in [1.29, 1.82) is 0 Å². The topological polar surface area (TPSA) is 40.5 Å². The molecule has 0 bridgehead atoms. The number of hydrogen-bond acceptors (Lipinski definition) is 1. The number of carbonyl (C=O) groups is 1. The number of benzene rings is 1. The zero-order chi connectivity index (χ0) is 12.3. The summed E-state index contributed by atoms with van der Waals surface area (Å²) in [4.78, 5) is 12.5. The average molecular weight is 217 g/mol. The average Bonchev–Trinajstić information content (AvgIpc) is 2.15. The van der Waals surface area contributed by atoms with Gasteiger partial charge >= 0.3 is 6.09 Å². The predicted octanol–water partition coefficient (Wildman–Crippen LogP) is 2.95. The van der Waals surface area contributed by atoms with Gasteiger partial charge in [-0.05, 0) is 39.0 Å². The maximum atomic E-state index is 11.2. The molecule has 0 aliphatic carbocycles. The quantitative estimate of drug-likeness (QED) is 0.735. The van der Waals surface area contributed by atoms with Gasteiger partial charge in [-0.1, -0.05) is 12.0 Å². The largest absolute Gasteiger partial charge is 0.465 e. The molecule has 3 nitrogen and oxygen atoms in total. The van der Waals surface area contributed by atoms with Crippen LogP contribution < -0.4 is 4.90 Å². The Balaban J connectivity index is 3.23. The highest BCUT2D eigenvalue weighted by Crippen LogP contribution is 2.24. The van der Waals surface area contributed by atoms with E-state index in [4.69, 9.17) is 6.42 Å². The Hall–Kier alpha value is -1.95. The van der Waals surface area contributed by atoms with Crippen molar-refractivity contribution in [3.8, 4) is 12.3 Å². The Morgan fingerprint density at radius 2 is 2.06 bits per heavy atom. The fraction of sp³-hybridized carbons (Fsp3) is 0.308. The van der Waals surface area contributed by atoms with Crippen LogP contribution in [0.1, 0.15) is 26.3 Å². The fourth-order valence-corrected chi connectivity index (χ4v) is 1.52. The Bertz CT molecular complexity index is 438. The smallest absolute Gasteiger partial charge is 0.412 e. The van der Waals surface area contributed by atoms with Gasteiger partial charge in [0.25, 0.3) is 0 Å². The highest BCUT2D eigenvalue weighted by molar-refractivity contribution is 5.87. The van der Waals surface area contributed by atoms with E-state index in [0.717, 1.165) is 0 Å². The van der Waals surface area contributed by atoms with Crippen LogP contribution in [0.15, 0.2) is 24.3 Å². The van der Waals surface area contributed by atoms with Crippen molar-refractivity contribution in [1.82, 2.24) is 0 Å². The number of hydrogen-bond donors (Lipinski definition) is 1. The Kier molecular flexibility index (Phi) is 3.24. The van der Waals surface area contributed by atoms with E-state index in [-0.39, 0.29) is 0 Å². The van der Waals surface area contributed by atoms with Gasteiger partial charge in [0, 0.05) is 16.8 Å². The number of rotatable bonds is 1. The van der Waals surface area contributed by atoms with E-state index >= 15 is 0 Å². The molecule has 0 unspecified atom stereocenters. The zero-order valence-electron chi connectivity index (χ0n) is 9.69. The second-order valence-electron chi connectivity index (χ2n) is 4.48. The minimum atomic E-state index is -0.985. The maximum Gasteiger partial charge on any atom is 0.412 e. The standard InChI is InChI=1S/C13H15NO2/c1-5-10-7-6-8-11(9-10)14(12(15)16)13(2,3)4/h1,6-9H,2-4H3,(H,15,16). The van der Waals surface area contributed by atoms with Gasteiger partial charge in [-0.3, -0.25) is 4.90 Å².